The quantitative estimate of drug-likeness (QED) is 0.838. The lowest BCUT2D eigenvalue weighted by Crippen LogP contribution is -2.47. The minimum absolute atomic E-state index is 0.434. The van der Waals surface area contributed by atoms with Crippen LogP contribution >= 0.6 is 11.3 Å². The summed E-state index contributed by atoms with van der Waals surface area (Å²) in [7, 11) is 0. The van der Waals surface area contributed by atoms with Gasteiger partial charge in [-0.3, -0.25) is 5.32 Å². The van der Waals surface area contributed by atoms with Crippen molar-refractivity contribution < 1.29 is 18.3 Å². The number of thiazole rings is 1. The van der Waals surface area contributed by atoms with E-state index in [-0.39, 0.29) is 0 Å². The molecule has 0 radical (unpaired) electrons. The summed E-state index contributed by atoms with van der Waals surface area (Å²) in [5.74, 6) is 0. The monoisotopic (exact) mass is 240 g/mol. The Morgan fingerprint density at radius 2 is 2.20 bits per heavy atom. The van der Waals surface area contributed by atoms with E-state index in [9.17, 15) is 13.2 Å². The van der Waals surface area contributed by atoms with E-state index in [1.54, 1.807) is 5.38 Å². The molecule has 0 aliphatic carbocycles. The largest absolute Gasteiger partial charge is 0.401 e. The van der Waals surface area contributed by atoms with Gasteiger partial charge in [-0.25, -0.2) is 4.98 Å². The van der Waals surface area contributed by atoms with Crippen LogP contribution in [0.1, 0.15) is 11.9 Å². The molecule has 0 aliphatic rings. The third kappa shape index (κ3) is 3.44. The van der Waals surface area contributed by atoms with E-state index in [0.29, 0.717) is 5.01 Å². The van der Waals surface area contributed by atoms with Gasteiger partial charge in [0.05, 0.1) is 18.7 Å². The number of halogens is 3. The van der Waals surface area contributed by atoms with Gasteiger partial charge in [0, 0.05) is 11.6 Å². The highest BCUT2D eigenvalue weighted by molar-refractivity contribution is 7.09. The molecule has 7 heteroatoms. The highest BCUT2D eigenvalue weighted by Gasteiger charge is 2.34. The van der Waals surface area contributed by atoms with Crippen LogP contribution in [0.3, 0.4) is 0 Å². The van der Waals surface area contributed by atoms with Gasteiger partial charge in [-0.2, -0.15) is 13.2 Å². The van der Waals surface area contributed by atoms with Crippen molar-refractivity contribution in [1.29, 1.82) is 0 Å². The number of hydrogen-bond donors (Lipinski definition) is 2. The van der Waals surface area contributed by atoms with Crippen LogP contribution in [-0.4, -0.2) is 29.4 Å². The first-order valence-corrected chi connectivity index (χ1v) is 5.08. The van der Waals surface area contributed by atoms with Gasteiger partial charge in [-0.05, 0) is 6.92 Å². The van der Waals surface area contributed by atoms with Gasteiger partial charge in [0.1, 0.15) is 5.01 Å². The van der Waals surface area contributed by atoms with Gasteiger partial charge in [-0.15, -0.1) is 11.3 Å². The molecule has 2 N–H and O–H groups in total. The summed E-state index contributed by atoms with van der Waals surface area (Å²) < 4.78 is 36.0. The minimum Gasteiger partial charge on any atom is -0.394 e. The van der Waals surface area contributed by atoms with E-state index < -0.39 is 24.9 Å². The van der Waals surface area contributed by atoms with Gasteiger partial charge >= 0.3 is 6.18 Å². The Bertz CT molecular complexity index is 301. The van der Waals surface area contributed by atoms with Crippen LogP contribution in [0, 0.1) is 0 Å². The molecular weight excluding hydrogens is 229 g/mol. The van der Waals surface area contributed by atoms with Crippen molar-refractivity contribution in [1.82, 2.24) is 10.3 Å². The molecule has 1 unspecified atom stereocenters. The van der Waals surface area contributed by atoms with E-state index >= 15 is 0 Å². The van der Waals surface area contributed by atoms with Crippen LogP contribution in [0.2, 0.25) is 0 Å². The predicted molar refractivity (Wildman–Crippen MR) is 50.6 cm³/mol. The summed E-state index contributed by atoms with van der Waals surface area (Å²) in [6, 6.07) is 0. The lowest BCUT2D eigenvalue weighted by atomic mass is 10.1. The third-order valence-electron chi connectivity index (χ3n) is 1.90. The summed E-state index contributed by atoms with van der Waals surface area (Å²) in [6.45, 7) is -0.0994. The van der Waals surface area contributed by atoms with Crippen molar-refractivity contribution in [3.63, 3.8) is 0 Å². The molecule has 1 atom stereocenters. The number of rotatable bonds is 4. The molecule has 0 spiro atoms. The van der Waals surface area contributed by atoms with E-state index in [2.05, 4.69) is 10.3 Å². The van der Waals surface area contributed by atoms with Gasteiger partial charge in [-0.1, -0.05) is 0 Å². The predicted octanol–water partition coefficient (Wildman–Crippen LogP) is 1.50. The molecule has 1 aromatic heterocycles. The normalized spacial score (nSPS) is 16.3. The van der Waals surface area contributed by atoms with Crippen LogP contribution in [0.15, 0.2) is 11.6 Å². The van der Waals surface area contributed by atoms with Crippen LogP contribution in [0.4, 0.5) is 13.2 Å². The van der Waals surface area contributed by atoms with Crippen molar-refractivity contribution in [2.24, 2.45) is 0 Å². The van der Waals surface area contributed by atoms with E-state index in [0.717, 1.165) is 0 Å². The number of aromatic nitrogens is 1. The fourth-order valence-corrected chi connectivity index (χ4v) is 1.76. The Morgan fingerprint density at radius 1 is 1.53 bits per heavy atom. The number of aliphatic hydroxyl groups is 1. The molecule has 0 bridgehead atoms. The van der Waals surface area contributed by atoms with Gasteiger partial charge in [0.2, 0.25) is 0 Å². The summed E-state index contributed by atoms with van der Waals surface area (Å²) in [4.78, 5) is 3.89. The first kappa shape index (κ1) is 12.4. The highest BCUT2D eigenvalue weighted by atomic mass is 32.1. The number of alkyl halides is 3. The average Bonchev–Trinajstić information content (AvgIpc) is 2.66. The fraction of sp³-hybridized carbons (Fsp3) is 0.625. The molecule has 3 nitrogen and oxygen atoms in total. The molecule has 1 aromatic rings. The van der Waals surface area contributed by atoms with E-state index in [1.165, 1.54) is 24.5 Å². The Balaban J connectivity index is 2.70. The van der Waals surface area contributed by atoms with Crippen molar-refractivity contribution >= 4 is 11.3 Å². The van der Waals surface area contributed by atoms with Crippen molar-refractivity contribution in [3.8, 4) is 0 Å². The van der Waals surface area contributed by atoms with Gasteiger partial charge in [0.25, 0.3) is 0 Å². The lowest BCUT2D eigenvalue weighted by molar-refractivity contribution is -0.129. The Labute approximate surface area is 89.0 Å². The number of nitrogens with zero attached hydrogens (tertiary/aromatic N) is 1. The zero-order valence-electron chi connectivity index (χ0n) is 8.01. The zero-order chi connectivity index (χ0) is 11.5. The van der Waals surface area contributed by atoms with Crippen molar-refractivity contribution in [2.75, 3.05) is 13.2 Å². The fourth-order valence-electron chi connectivity index (χ4n) is 0.990. The molecule has 15 heavy (non-hydrogen) atoms. The zero-order valence-corrected chi connectivity index (χ0v) is 8.82. The molecule has 0 saturated heterocycles. The topological polar surface area (TPSA) is 45.1 Å². The molecule has 0 aromatic carbocycles. The smallest absolute Gasteiger partial charge is 0.394 e. The number of hydrogen-bond acceptors (Lipinski definition) is 4. The molecule has 0 aliphatic heterocycles. The van der Waals surface area contributed by atoms with E-state index in [1.807, 2.05) is 0 Å². The standard InChI is InChI=1S/C8H11F3N2OS/c1-7(5-14,6-12-2-3-15-6)13-4-8(9,10)11/h2-3,13-14H,4-5H2,1H3. The second kappa shape index (κ2) is 4.46. The number of aliphatic hydroxyl groups excluding tert-OH is 1. The third-order valence-corrected chi connectivity index (χ3v) is 2.94. The summed E-state index contributed by atoms with van der Waals surface area (Å²) in [6.07, 6.45) is -2.81. The van der Waals surface area contributed by atoms with Gasteiger partial charge < -0.3 is 5.11 Å². The Hall–Kier alpha value is -0.660. The average molecular weight is 240 g/mol. The highest BCUT2D eigenvalue weighted by Crippen LogP contribution is 2.24. The van der Waals surface area contributed by atoms with Crippen LogP contribution in [0.5, 0.6) is 0 Å². The summed E-state index contributed by atoms with van der Waals surface area (Å²) in [5, 5.41) is 13.4. The Morgan fingerprint density at radius 3 is 2.60 bits per heavy atom. The maximum Gasteiger partial charge on any atom is 0.401 e. The molecule has 86 valence electrons. The first-order chi connectivity index (χ1) is 6.87. The maximum absolute atomic E-state index is 12.0. The molecule has 1 rings (SSSR count). The van der Waals surface area contributed by atoms with Crippen molar-refractivity contribution in [2.45, 2.75) is 18.6 Å². The molecule has 1 heterocycles. The summed E-state index contributed by atoms with van der Waals surface area (Å²) in [5.41, 5.74) is -1.14. The molecular formula is C8H11F3N2OS. The van der Waals surface area contributed by atoms with E-state index in [4.69, 9.17) is 5.11 Å². The van der Waals surface area contributed by atoms with Crippen molar-refractivity contribution in [3.05, 3.63) is 16.6 Å². The second-order valence-corrected chi connectivity index (χ2v) is 4.19. The van der Waals surface area contributed by atoms with Gasteiger partial charge in [0.15, 0.2) is 0 Å². The SMILES string of the molecule is CC(CO)(NCC(F)(F)F)c1nccs1. The lowest BCUT2D eigenvalue weighted by Gasteiger charge is -2.27. The minimum atomic E-state index is -4.30. The molecule has 0 amide bonds. The maximum atomic E-state index is 12.0. The second-order valence-electron chi connectivity index (χ2n) is 3.30. The van der Waals surface area contributed by atoms with Crippen LogP contribution in [0.25, 0.3) is 0 Å². The number of nitrogens with one attached hydrogen (secondary N) is 1. The first-order valence-electron chi connectivity index (χ1n) is 4.20. The summed E-state index contributed by atoms with van der Waals surface area (Å²) >= 11 is 1.20. The molecule has 0 saturated carbocycles. The molecule has 0 fully saturated rings. The van der Waals surface area contributed by atoms with Crippen LogP contribution < -0.4 is 5.32 Å². The van der Waals surface area contributed by atoms with Crippen LogP contribution in [-0.2, 0) is 5.54 Å². The Kier molecular flexibility index (Phi) is 3.69.